The van der Waals surface area contributed by atoms with Crippen LogP contribution in [0.25, 0.3) is 0 Å². The zero-order chi connectivity index (χ0) is 10.7. The van der Waals surface area contributed by atoms with Crippen molar-refractivity contribution in [3.05, 3.63) is 54.6 Å². The monoisotopic (exact) mass is 216 g/mol. The van der Waals surface area contributed by atoms with Gasteiger partial charge in [-0.3, -0.25) is 0 Å². The molecule has 0 N–H and O–H groups in total. The quantitative estimate of drug-likeness (QED) is 0.715. The van der Waals surface area contributed by atoms with E-state index in [4.69, 9.17) is 0 Å². The van der Waals surface area contributed by atoms with Crippen LogP contribution in [0.2, 0.25) is 0 Å². The van der Waals surface area contributed by atoms with Gasteiger partial charge in [0.25, 0.3) is 0 Å². The lowest BCUT2D eigenvalue weighted by Gasteiger charge is -2.24. The van der Waals surface area contributed by atoms with Crippen LogP contribution in [0.5, 0.6) is 0 Å². The Kier molecular flexibility index (Phi) is 2.73. The maximum absolute atomic E-state index is 4.10. The smallest absolute Gasteiger partial charge is 0.140 e. The van der Waals surface area contributed by atoms with Crippen LogP contribution in [0.3, 0.4) is 0 Å². The Balaban J connectivity index is 2.20. The van der Waals surface area contributed by atoms with Crippen LogP contribution in [0.15, 0.2) is 49.1 Å². The van der Waals surface area contributed by atoms with E-state index in [-0.39, 0.29) is 14.7 Å². The third-order valence-corrected chi connectivity index (χ3v) is 4.63. The van der Waals surface area contributed by atoms with Crippen molar-refractivity contribution in [2.75, 3.05) is 0 Å². The summed E-state index contributed by atoms with van der Waals surface area (Å²) in [6, 6.07) is 10.7. The largest absolute Gasteiger partial charge is 0.370 e. The van der Waals surface area contributed by atoms with Crippen molar-refractivity contribution in [3.63, 3.8) is 0 Å². The zero-order valence-corrected chi connectivity index (χ0v) is 10.6. The third-order valence-electron chi connectivity index (χ3n) is 2.69. The van der Waals surface area contributed by atoms with Gasteiger partial charge < -0.3 is 4.23 Å². The van der Waals surface area contributed by atoms with E-state index < -0.39 is 0 Å². The second kappa shape index (κ2) is 4.02. The summed E-state index contributed by atoms with van der Waals surface area (Å²) in [6.07, 6.45) is 5.85. The van der Waals surface area contributed by atoms with Crippen molar-refractivity contribution in [1.29, 1.82) is 0 Å². The predicted molar refractivity (Wildman–Crippen MR) is 65.6 cm³/mol. The van der Waals surface area contributed by atoms with Crippen LogP contribution < -0.4 is 0 Å². The fourth-order valence-electron chi connectivity index (χ4n) is 1.82. The molecule has 1 heterocycles. The van der Waals surface area contributed by atoms with Crippen LogP contribution in [0, 0.1) is 0 Å². The lowest BCUT2D eigenvalue weighted by atomic mass is 10.0. The molecule has 78 valence electrons. The van der Waals surface area contributed by atoms with Crippen molar-refractivity contribution in [2.24, 2.45) is 0 Å². The highest BCUT2D eigenvalue weighted by atomic mass is 28.2. The Morgan fingerprint density at radius 2 is 1.93 bits per heavy atom. The molecule has 0 spiro atoms. The normalized spacial score (nSPS) is 12.4. The van der Waals surface area contributed by atoms with Crippen LogP contribution in [0.1, 0.15) is 19.4 Å². The molecule has 0 amide bonds. The van der Waals surface area contributed by atoms with E-state index >= 15 is 0 Å². The first kappa shape index (κ1) is 10.2. The standard InChI is InChI=1S/C12H16N2Si/c1-12(2,11-6-4-3-5-7-11)15-14-9-8-13-10-14/h3-10H,15H2,1-2H3. The van der Waals surface area contributed by atoms with E-state index in [1.807, 2.05) is 12.5 Å². The van der Waals surface area contributed by atoms with E-state index in [1.165, 1.54) is 5.56 Å². The summed E-state index contributed by atoms with van der Waals surface area (Å²) in [5.41, 5.74) is 1.42. The Morgan fingerprint density at radius 3 is 2.53 bits per heavy atom. The Hall–Kier alpha value is -1.35. The van der Waals surface area contributed by atoms with Gasteiger partial charge in [0, 0.05) is 12.4 Å². The molecule has 0 aliphatic rings. The summed E-state index contributed by atoms with van der Waals surface area (Å²) < 4.78 is 2.26. The number of benzene rings is 1. The van der Waals surface area contributed by atoms with Crippen molar-refractivity contribution < 1.29 is 0 Å². The number of hydrogen-bond acceptors (Lipinski definition) is 1. The van der Waals surface area contributed by atoms with Crippen LogP contribution in [0.4, 0.5) is 0 Å². The number of imidazole rings is 1. The molecule has 2 nitrogen and oxygen atoms in total. The van der Waals surface area contributed by atoms with E-state index in [0.717, 1.165) is 0 Å². The molecule has 0 aliphatic heterocycles. The van der Waals surface area contributed by atoms with Crippen molar-refractivity contribution in [2.45, 2.75) is 18.9 Å². The molecule has 2 rings (SSSR count). The third kappa shape index (κ3) is 2.36. The van der Waals surface area contributed by atoms with E-state index in [9.17, 15) is 0 Å². The van der Waals surface area contributed by atoms with Gasteiger partial charge in [0.1, 0.15) is 9.68 Å². The highest BCUT2D eigenvalue weighted by Gasteiger charge is 2.21. The molecule has 0 unspecified atom stereocenters. The van der Waals surface area contributed by atoms with Gasteiger partial charge >= 0.3 is 0 Å². The first-order valence-electron chi connectivity index (χ1n) is 5.20. The summed E-state index contributed by atoms with van der Waals surface area (Å²) >= 11 is 0. The molecule has 15 heavy (non-hydrogen) atoms. The molecule has 1 aromatic carbocycles. The zero-order valence-electron chi connectivity index (χ0n) is 9.22. The average Bonchev–Trinajstić information content (AvgIpc) is 2.71. The molecule has 0 saturated carbocycles. The number of aromatic nitrogens is 2. The van der Waals surface area contributed by atoms with Crippen molar-refractivity contribution in [1.82, 2.24) is 9.22 Å². The molecule has 0 atom stereocenters. The summed E-state index contributed by atoms with van der Waals surface area (Å²) in [4.78, 5) is 4.10. The van der Waals surface area contributed by atoms with Gasteiger partial charge in [-0.1, -0.05) is 44.2 Å². The molecule has 0 aliphatic carbocycles. The molecule has 2 aromatic rings. The Labute approximate surface area is 92.9 Å². The summed E-state index contributed by atoms with van der Waals surface area (Å²) in [6.45, 7) is 4.63. The van der Waals surface area contributed by atoms with Crippen LogP contribution in [-0.4, -0.2) is 18.9 Å². The SMILES string of the molecule is CC(C)([SiH2]n1ccnc1)c1ccccc1. The van der Waals surface area contributed by atoms with Gasteiger partial charge in [0.05, 0.1) is 6.33 Å². The number of nitrogens with zero attached hydrogens (tertiary/aromatic N) is 2. The summed E-state index contributed by atoms with van der Waals surface area (Å²) in [5, 5.41) is 0.280. The molecular weight excluding hydrogens is 200 g/mol. The van der Waals surface area contributed by atoms with Crippen molar-refractivity contribution >= 4 is 9.68 Å². The minimum Gasteiger partial charge on any atom is -0.370 e. The van der Waals surface area contributed by atoms with Gasteiger partial charge in [-0.25, -0.2) is 4.98 Å². The Morgan fingerprint density at radius 1 is 1.20 bits per heavy atom. The molecule has 1 aromatic heterocycles. The molecule has 0 saturated heterocycles. The first-order chi connectivity index (χ1) is 7.18. The summed E-state index contributed by atoms with van der Waals surface area (Å²) in [5.74, 6) is 0. The van der Waals surface area contributed by atoms with E-state index in [0.29, 0.717) is 0 Å². The fraction of sp³-hybridized carbons (Fsp3) is 0.250. The maximum atomic E-state index is 4.10. The molecular formula is C12H16N2Si. The minimum absolute atomic E-state index is 0.280. The van der Waals surface area contributed by atoms with Gasteiger partial charge in [0.15, 0.2) is 0 Å². The van der Waals surface area contributed by atoms with Crippen LogP contribution in [-0.2, 0) is 5.04 Å². The highest BCUT2D eigenvalue weighted by Crippen LogP contribution is 2.21. The topological polar surface area (TPSA) is 17.8 Å². The second-order valence-electron chi connectivity index (χ2n) is 4.48. The van der Waals surface area contributed by atoms with E-state index in [1.54, 1.807) is 0 Å². The lowest BCUT2D eigenvalue weighted by Crippen LogP contribution is -2.30. The van der Waals surface area contributed by atoms with Crippen LogP contribution >= 0.6 is 0 Å². The molecule has 0 fully saturated rings. The van der Waals surface area contributed by atoms with E-state index in [2.05, 4.69) is 59.6 Å². The maximum Gasteiger partial charge on any atom is 0.140 e. The number of rotatable bonds is 3. The molecule has 0 radical (unpaired) electrons. The summed E-state index contributed by atoms with van der Waals surface area (Å²) in [7, 11) is -0.385. The lowest BCUT2D eigenvalue weighted by molar-refractivity contribution is 0.735. The molecule has 3 heteroatoms. The van der Waals surface area contributed by atoms with Gasteiger partial charge in [-0.2, -0.15) is 0 Å². The fourth-order valence-corrected chi connectivity index (χ4v) is 3.52. The predicted octanol–water partition coefficient (Wildman–Crippen LogP) is 1.75. The minimum atomic E-state index is -0.385. The molecule has 0 bridgehead atoms. The van der Waals surface area contributed by atoms with Gasteiger partial charge in [-0.05, 0) is 10.6 Å². The number of hydrogen-bond donors (Lipinski definition) is 0. The average molecular weight is 216 g/mol. The Bertz CT molecular complexity index is 406. The van der Waals surface area contributed by atoms with Crippen molar-refractivity contribution in [3.8, 4) is 0 Å². The van der Waals surface area contributed by atoms with Gasteiger partial charge in [0.2, 0.25) is 0 Å². The second-order valence-corrected chi connectivity index (χ2v) is 7.30. The van der Waals surface area contributed by atoms with Gasteiger partial charge in [-0.15, -0.1) is 0 Å². The highest BCUT2D eigenvalue weighted by molar-refractivity contribution is 6.38. The first-order valence-corrected chi connectivity index (χ1v) is 6.54.